The van der Waals surface area contributed by atoms with Gasteiger partial charge >= 0.3 is 0 Å². The second-order valence-corrected chi connectivity index (χ2v) is 4.75. The largest absolute Gasteiger partial charge is 0.387 e. The Bertz CT molecular complexity index is 362. The highest BCUT2D eigenvalue weighted by atomic mass is 16.3. The molecule has 0 bridgehead atoms. The van der Waals surface area contributed by atoms with Crippen molar-refractivity contribution in [3.05, 3.63) is 34.9 Å². The lowest BCUT2D eigenvalue weighted by molar-refractivity contribution is 0.144. The van der Waals surface area contributed by atoms with Crippen molar-refractivity contribution >= 4 is 0 Å². The third kappa shape index (κ3) is 2.28. The first-order valence-electron chi connectivity index (χ1n) is 6.27. The van der Waals surface area contributed by atoms with Crippen molar-refractivity contribution in [1.82, 2.24) is 0 Å². The lowest BCUT2D eigenvalue weighted by Gasteiger charge is -2.21. The standard InChI is InChI=1S/C14H21NO/c1-2-13(15)14(16)12-8-7-10-5-3-4-6-11(10)9-12/h7-9,13-14,16H,2-6,15H2,1H3. The van der Waals surface area contributed by atoms with E-state index in [1.54, 1.807) is 0 Å². The molecule has 0 aliphatic heterocycles. The van der Waals surface area contributed by atoms with Gasteiger partial charge < -0.3 is 10.8 Å². The van der Waals surface area contributed by atoms with Crippen molar-refractivity contribution in [3.8, 4) is 0 Å². The lowest BCUT2D eigenvalue weighted by atomic mass is 9.88. The van der Waals surface area contributed by atoms with Gasteiger partial charge in [0.15, 0.2) is 0 Å². The van der Waals surface area contributed by atoms with Gasteiger partial charge in [0.1, 0.15) is 0 Å². The molecule has 0 heterocycles. The normalized spacial score (nSPS) is 18.9. The Balaban J connectivity index is 2.22. The van der Waals surface area contributed by atoms with E-state index in [0.29, 0.717) is 0 Å². The van der Waals surface area contributed by atoms with Crippen LogP contribution in [-0.4, -0.2) is 11.1 Å². The van der Waals surface area contributed by atoms with Crippen LogP contribution in [0.3, 0.4) is 0 Å². The minimum absolute atomic E-state index is 0.151. The van der Waals surface area contributed by atoms with E-state index in [1.807, 2.05) is 13.0 Å². The number of rotatable bonds is 3. The fraction of sp³-hybridized carbons (Fsp3) is 0.571. The van der Waals surface area contributed by atoms with E-state index < -0.39 is 6.10 Å². The maximum absolute atomic E-state index is 10.1. The fourth-order valence-corrected chi connectivity index (χ4v) is 2.41. The minimum atomic E-state index is -0.516. The summed E-state index contributed by atoms with van der Waals surface area (Å²) in [5.74, 6) is 0. The predicted octanol–water partition coefficient (Wildman–Crippen LogP) is 2.34. The molecule has 0 saturated heterocycles. The first-order valence-corrected chi connectivity index (χ1v) is 6.27. The summed E-state index contributed by atoms with van der Waals surface area (Å²) in [5.41, 5.74) is 9.72. The van der Waals surface area contributed by atoms with Gasteiger partial charge in [-0.1, -0.05) is 25.1 Å². The zero-order chi connectivity index (χ0) is 11.5. The molecule has 3 N–H and O–H groups in total. The van der Waals surface area contributed by atoms with Crippen molar-refractivity contribution in [1.29, 1.82) is 0 Å². The summed E-state index contributed by atoms with van der Waals surface area (Å²) in [6.07, 6.45) is 5.19. The Morgan fingerprint density at radius 1 is 1.25 bits per heavy atom. The second-order valence-electron chi connectivity index (χ2n) is 4.75. The van der Waals surface area contributed by atoms with Crippen LogP contribution in [0.4, 0.5) is 0 Å². The molecule has 1 aliphatic carbocycles. The molecule has 2 unspecified atom stereocenters. The lowest BCUT2D eigenvalue weighted by Crippen LogP contribution is -2.27. The minimum Gasteiger partial charge on any atom is -0.387 e. The first-order chi connectivity index (χ1) is 7.72. The van der Waals surface area contributed by atoms with Crippen molar-refractivity contribution < 1.29 is 5.11 Å². The molecule has 1 aromatic carbocycles. The van der Waals surface area contributed by atoms with Gasteiger partial charge in [-0.15, -0.1) is 0 Å². The molecule has 16 heavy (non-hydrogen) atoms. The van der Waals surface area contributed by atoms with Crippen LogP contribution in [0.5, 0.6) is 0 Å². The van der Waals surface area contributed by atoms with Gasteiger partial charge in [0.25, 0.3) is 0 Å². The van der Waals surface area contributed by atoms with Gasteiger partial charge in [-0.2, -0.15) is 0 Å². The van der Waals surface area contributed by atoms with Crippen LogP contribution in [0, 0.1) is 0 Å². The van der Waals surface area contributed by atoms with Crippen LogP contribution in [0.15, 0.2) is 18.2 Å². The average Bonchev–Trinajstić information content (AvgIpc) is 2.36. The molecule has 0 fully saturated rings. The highest BCUT2D eigenvalue weighted by molar-refractivity contribution is 5.35. The van der Waals surface area contributed by atoms with E-state index >= 15 is 0 Å². The average molecular weight is 219 g/mol. The first kappa shape index (κ1) is 11.6. The van der Waals surface area contributed by atoms with Crippen LogP contribution in [0.1, 0.15) is 49.0 Å². The summed E-state index contributed by atoms with van der Waals surface area (Å²) in [6.45, 7) is 2.01. The number of hydrogen-bond donors (Lipinski definition) is 2. The van der Waals surface area contributed by atoms with Crippen LogP contribution >= 0.6 is 0 Å². The molecule has 1 aromatic rings. The summed E-state index contributed by atoms with van der Waals surface area (Å²) in [5, 5.41) is 10.1. The summed E-state index contributed by atoms with van der Waals surface area (Å²) < 4.78 is 0. The molecular formula is C14H21NO. The molecular weight excluding hydrogens is 198 g/mol. The van der Waals surface area contributed by atoms with Gasteiger partial charge in [0.05, 0.1) is 6.10 Å². The number of aliphatic hydroxyl groups is 1. The third-order valence-corrected chi connectivity index (χ3v) is 3.59. The molecule has 2 nitrogen and oxygen atoms in total. The van der Waals surface area contributed by atoms with Gasteiger partial charge in [-0.05, 0) is 48.8 Å². The number of nitrogens with two attached hydrogens (primary N) is 1. The Labute approximate surface area is 97.5 Å². The van der Waals surface area contributed by atoms with Crippen LogP contribution in [0.2, 0.25) is 0 Å². The van der Waals surface area contributed by atoms with E-state index in [-0.39, 0.29) is 6.04 Å². The molecule has 1 aliphatic rings. The molecule has 2 heteroatoms. The van der Waals surface area contributed by atoms with Crippen LogP contribution in [0.25, 0.3) is 0 Å². The summed E-state index contributed by atoms with van der Waals surface area (Å²) >= 11 is 0. The topological polar surface area (TPSA) is 46.2 Å². The maximum atomic E-state index is 10.1. The van der Waals surface area contributed by atoms with Crippen molar-refractivity contribution in [2.75, 3.05) is 0 Å². The van der Waals surface area contributed by atoms with Crippen molar-refractivity contribution in [2.45, 2.75) is 51.2 Å². The number of aliphatic hydroxyl groups excluding tert-OH is 1. The van der Waals surface area contributed by atoms with E-state index in [9.17, 15) is 5.11 Å². The smallest absolute Gasteiger partial charge is 0.0940 e. The summed E-state index contributed by atoms with van der Waals surface area (Å²) in [7, 11) is 0. The molecule has 0 amide bonds. The summed E-state index contributed by atoms with van der Waals surface area (Å²) in [6, 6.07) is 6.19. The SMILES string of the molecule is CCC(N)C(O)c1ccc2c(c1)CCCC2. The number of benzene rings is 1. The van der Waals surface area contributed by atoms with E-state index in [0.717, 1.165) is 18.4 Å². The quantitative estimate of drug-likeness (QED) is 0.819. The number of fused-ring (bicyclic) bond motifs is 1. The summed E-state index contributed by atoms with van der Waals surface area (Å²) in [4.78, 5) is 0. The van der Waals surface area contributed by atoms with Gasteiger partial charge in [-0.3, -0.25) is 0 Å². The van der Waals surface area contributed by atoms with Gasteiger partial charge in [-0.25, -0.2) is 0 Å². The molecule has 0 aromatic heterocycles. The zero-order valence-corrected chi connectivity index (χ0v) is 9.95. The highest BCUT2D eigenvalue weighted by Gasteiger charge is 2.17. The Morgan fingerprint density at radius 3 is 2.62 bits per heavy atom. The van der Waals surface area contributed by atoms with Crippen molar-refractivity contribution in [3.63, 3.8) is 0 Å². The second kappa shape index (κ2) is 4.98. The molecule has 0 spiro atoms. The van der Waals surface area contributed by atoms with E-state index in [4.69, 9.17) is 5.73 Å². The Hall–Kier alpha value is -0.860. The van der Waals surface area contributed by atoms with Crippen LogP contribution < -0.4 is 5.73 Å². The van der Waals surface area contributed by atoms with Crippen molar-refractivity contribution in [2.24, 2.45) is 5.73 Å². The fourth-order valence-electron chi connectivity index (χ4n) is 2.41. The number of aryl methyl sites for hydroxylation is 2. The van der Waals surface area contributed by atoms with Gasteiger partial charge in [0.2, 0.25) is 0 Å². The number of hydrogen-bond acceptors (Lipinski definition) is 2. The Morgan fingerprint density at radius 2 is 1.94 bits per heavy atom. The molecule has 2 atom stereocenters. The predicted molar refractivity (Wildman–Crippen MR) is 66.3 cm³/mol. The molecule has 2 rings (SSSR count). The Kier molecular flexibility index (Phi) is 3.62. The molecule has 0 radical (unpaired) electrons. The van der Waals surface area contributed by atoms with Crippen LogP contribution in [-0.2, 0) is 12.8 Å². The monoisotopic (exact) mass is 219 g/mol. The molecule has 88 valence electrons. The highest BCUT2D eigenvalue weighted by Crippen LogP contribution is 2.26. The maximum Gasteiger partial charge on any atom is 0.0940 e. The van der Waals surface area contributed by atoms with E-state index in [1.165, 1.54) is 30.4 Å². The van der Waals surface area contributed by atoms with Gasteiger partial charge in [0, 0.05) is 6.04 Å². The van der Waals surface area contributed by atoms with E-state index in [2.05, 4.69) is 12.1 Å². The third-order valence-electron chi connectivity index (χ3n) is 3.59. The zero-order valence-electron chi connectivity index (χ0n) is 9.95. The molecule has 0 saturated carbocycles.